The van der Waals surface area contributed by atoms with Gasteiger partial charge in [0.25, 0.3) is 0 Å². The summed E-state index contributed by atoms with van der Waals surface area (Å²) in [6.07, 6.45) is 3.49. The Hall–Kier alpha value is -3.31. The van der Waals surface area contributed by atoms with Gasteiger partial charge in [0.15, 0.2) is 17.1 Å². The molecule has 34 heavy (non-hydrogen) atoms. The molecule has 1 saturated heterocycles. The smallest absolute Gasteiger partial charge is 0.173 e. The Kier molecular flexibility index (Phi) is 6.94. The molecule has 0 amide bonds. The minimum Gasteiger partial charge on any atom is -0.383 e. The van der Waals surface area contributed by atoms with E-state index in [2.05, 4.69) is 32.8 Å². The lowest BCUT2D eigenvalue weighted by Crippen LogP contribution is -2.36. The van der Waals surface area contributed by atoms with Crippen molar-refractivity contribution >= 4 is 28.5 Å². The highest BCUT2D eigenvalue weighted by atomic mass is 16.5. The lowest BCUT2D eigenvalue weighted by atomic mass is 10.2. The maximum absolute atomic E-state index is 8.51. The van der Waals surface area contributed by atoms with E-state index in [0.29, 0.717) is 37.2 Å². The van der Waals surface area contributed by atoms with Crippen molar-refractivity contribution in [3.63, 3.8) is 0 Å². The molecule has 0 saturated carbocycles. The van der Waals surface area contributed by atoms with Gasteiger partial charge in [-0.2, -0.15) is 0 Å². The quantitative estimate of drug-likeness (QED) is 0.359. The zero-order chi connectivity index (χ0) is 24.4. The Morgan fingerprint density at radius 2 is 1.97 bits per heavy atom. The molecule has 0 aromatic carbocycles. The van der Waals surface area contributed by atoms with E-state index in [0.717, 1.165) is 29.9 Å². The fourth-order valence-corrected chi connectivity index (χ4v) is 4.15. The SMILES string of the molecule is COC[C@@H](C)n1c(-c2cn(C(C)=N)c(=N)c(NC(C)C)n2)nc2cnc(N3CCOCC3)cc21. The second-order valence-electron chi connectivity index (χ2n) is 8.82. The van der Waals surface area contributed by atoms with Crippen LogP contribution in [0.5, 0.6) is 0 Å². The van der Waals surface area contributed by atoms with Crippen LogP contribution < -0.4 is 15.7 Å². The van der Waals surface area contributed by atoms with Crippen molar-refractivity contribution in [3.8, 4) is 11.5 Å². The summed E-state index contributed by atoms with van der Waals surface area (Å²) in [5.41, 5.74) is 2.39. The average molecular weight is 468 g/mol. The molecule has 11 heteroatoms. The number of ether oxygens (including phenoxy) is 2. The zero-order valence-electron chi connectivity index (χ0n) is 20.4. The Balaban J connectivity index is 1.92. The Morgan fingerprint density at radius 3 is 2.62 bits per heavy atom. The number of nitrogens with zero attached hydrogens (tertiary/aromatic N) is 6. The number of pyridine rings is 1. The van der Waals surface area contributed by atoms with E-state index >= 15 is 0 Å². The van der Waals surface area contributed by atoms with E-state index < -0.39 is 0 Å². The lowest BCUT2D eigenvalue weighted by Gasteiger charge is -2.28. The highest BCUT2D eigenvalue weighted by molar-refractivity contribution is 5.83. The van der Waals surface area contributed by atoms with Crippen LogP contribution >= 0.6 is 0 Å². The molecule has 3 aromatic heterocycles. The first kappa shape index (κ1) is 23.8. The van der Waals surface area contributed by atoms with Crippen molar-refractivity contribution in [2.45, 2.75) is 39.8 Å². The second kappa shape index (κ2) is 9.90. The summed E-state index contributed by atoms with van der Waals surface area (Å²) in [5.74, 6) is 2.16. The summed E-state index contributed by atoms with van der Waals surface area (Å²) in [5, 5.41) is 19.9. The molecular formula is C23H33N9O2. The highest BCUT2D eigenvalue weighted by Gasteiger charge is 2.22. The van der Waals surface area contributed by atoms with Gasteiger partial charge in [-0.05, 0) is 27.7 Å². The van der Waals surface area contributed by atoms with Gasteiger partial charge < -0.3 is 24.3 Å². The topological polar surface area (TPSA) is 130 Å². The van der Waals surface area contributed by atoms with Gasteiger partial charge in [-0.1, -0.05) is 0 Å². The number of hydrogen-bond acceptors (Lipinski definition) is 9. The number of rotatable bonds is 7. The Labute approximate surface area is 198 Å². The zero-order valence-corrected chi connectivity index (χ0v) is 20.4. The van der Waals surface area contributed by atoms with Gasteiger partial charge in [-0.15, -0.1) is 0 Å². The van der Waals surface area contributed by atoms with Gasteiger partial charge >= 0.3 is 0 Å². The summed E-state index contributed by atoms with van der Waals surface area (Å²) in [7, 11) is 1.68. The van der Waals surface area contributed by atoms with Crippen molar-refractivity contribution in [1.29, 1.82) is 10.8 Å². The van der Waals surface area contributed by atoms with Gasteiger partial charge in [-0.3, -0.25) is 15.4 Å². The number of aromatic nitrogens is 5. The number of morpholine rings is 1. The summed E-state index contributed by atoms with van der Waals surface area (Å²) >= 11 is 0. The number of hydrogen-bond donors (Lipinski definition) is 3. The van der Waals surface area contributed by atoms with Crippen LogP contribution in [0, 0.1) is 10.8 Å². The maximum Gasteiger partial charge on any atom is 0.173 e. The van der Waals surface area contributed by atoms with Crippen LogP contribution in [-0.4, -0.2) is 76.0 Å². The summed E-state index contributed by atoms with van der Waals surface area (Å²) in [6.45, 7) is 11.1. The van der Waals surface area contributed by atoms with Crippen LogP contribution in [0.1, 0.15) is 33.7 Å². The first-order valence-corrected chi connectivity index (χ1v) is 11.5. The van der Waals surface area contributed by atoms with Crippen LogP contribution in [0.25, 0.3) is 22.6 Å². The number of imidazole rings is 1. The third kappa shape index (κ3) is 4.66. The first-order valence-electron chi connectivity index (χ1n) is 11.5. The van der Waals surface area contributed by atoms with E-state index in [-0.39, 0.29) is 23.4 Å². The largest absolute Gasteiger partial charge is 0.383 e. The fourth-order valence-electron chi connectivity index (χ4n) is 4.15. The molecule has 0 unspecified atom stereocenters. The molecule has 182 valence electrons. The van der Waals surface area contributed by atoms with Gasteiger partial charge in [0, 0.05) is 38.5 Å². The highest BCUT2D eigenvalue weighted by Crippen LogP contribution is 2.30. The van der Waals surface area contributed by atoms with E-state index in [1.807, 2.05) is 13.8 Å². The van der Waals surface area contributed by atoms with E-state index in [4.69, 9.17) is 30.3 Å². The molecule has 3 N–H and O–H groups in total. The van der Waals surface area contributed by atoms with Crippen LogP contribution in [0.15, 0.2) is 18.5 Å². The summed E-state index contributed by atoms with van der Waals surface area (Å²) < 4.78 is 14.6. The van der Waals surface area contributed by atoms with Gasteiger partial charge in [0.1, 0.15) is 22.9 Å². The van der Waals surface area contributed by atoms with Crippen molar-refractivity contribution in [3.05, 3.63) is 23.9 Å². The molecule has 4 rings (SSSR count). The molecular weight excluding hydrogens is 434 g/mol. The Bertz CT molecular complexity index is 1240. The minimum atomic E-state index is -0.0292. The number of fused-ring (bicyclic) bond motifs is 1. The Morgan fingerprint density at radius 1 is 1.24 bits per heavy atom. The molecule has 3 aromatic rings. The van der Waals surface area contributed by atoms with Crippen LogP contribution in [0.3, 0.4) is 0 Å². The fraction of sp³-hybridized carbons (Fsp3) is 0.522. The van der Waals surface area contributed by atoms with Crippen LogP contribution in [0.4, 0.5) is 11.6 Å². The van der Waals surface area contributed by atoms with E-state index in [1.165, 1.54) is 4.57 Å². The van der Waals surface area contributed by atoms with Crippen molar-refractivity contribution in [2.75, 3.05) is 50.2 Å². The number of nitrogens with one attached hydrogen (secondary N) is 3. The third-order valence-electron chi connectivity index (χ3n) is 5.71. The van der Waals surface area contributed by atoms with Crippen molar-refractivity contribution in [2.24, 2.45) is 0 Å². The van der Waals surface area contributed by atoms with Crippen molar-refractivity contribution < 1.29 is 9.47 Å². The molecule has 0 spiro atoms. The summed E-state index contributed by atoms with van der Waals surface area (Å²) in [6, 6.07) is 2.11. The number of methoxy groups -OCH3 is 1. The molecule has 1 atom stereocenters. The van der Waals surface area contributed by atoms with E-state index in [9.17, 15) is 0 Å². The number of anilines is 2. The molecule has 1 fully saturated rings. The normalized spacial score (nSPS) is 15.2. The maximum atomic E-state index is 8.51. The molecule has 0 radical (unpaired) electrons. The first-order chi connectivity index (χ1) is 16.3. The standard InChI is InChI=1S/C23H33N9O2/c1-14(2)27-22-21(25)31(16(4)24)12-18(28-22)23-29-17-11-26-20(30-6-8-34-9-7-30)10-19(17)32(23)15(3)13-33-5/h10-12,14-15,24-25H,6-9,13H2,1-5H3,(H,27,28)/t15-/m1/s1. The molecule has 4 heterocycles. The molecule has 0 bridgehead atoms. The monoisotopic (exact) mass is 467 g/mol. The predicted octanol–water partition coefficient (Wildman–Crippen LogP) is 2.48. The molecule has 0 aliphatic carbocycles. The summed E-state index contributed by atoms with van der Waals surface area (Å²) in [4.78, 5) is 16.5. The van der Waals surface area contributed by atoms with E-state index in [1.54, 1.807) is 26.4 Å². The van der Waals surface area contributed by atoms with Crippen LogP contribution in [0.2, 0.25) is 0 Å². The lowest BCUT2D eigenvalue weighted by molar-refractivity contribution is 0.122. The molecule has 11 nitrogen and oxygen atoms in total. The van der Waals surface area contributed by atoms with Gasteiger partial charge in [-0.25, -0.2) is 15.0 Å². The van der Waals surface area contributed by atoms with Gasteiger partial charge in [0.05, 0.1) is 37.6 Å². The third-order valence-corrected chi connectivity index (χ3v) is 5.71. The van der Waals surface area contributed by atoms with Crippen LogP contribution in [-0.2, 0) is 9.47 Å². The minimum absolute atomic E-state index is 0.0292. The van der Waals surface area contributed by atoms with Crippen molar-refractivity contribution in [1.82, 2.24) is 24.1 Å². The van der Waals surface area contributed by atoms with Gasteiger partial charge in [0.2, 0.25) is 0 Å². The molecule has 1 aliphatic rings. The molecule has 1 aliphatic heterocycles. The predicted molar refractivity (Wildman–Crippen MR) is 132 cm³/mol. The second-order valence-corrected chi connectivity index (χ2v) is 8.82. The average Bonchev–Trinajstić information content (AvgIpc) is 3.19.